The fourth-order valence-corrected chi connectivity index (χ4v) is 2.62. The summed E-state index contributed by atoms with van der Waals surface area (Å²) in [6.45, 7) is 1.94. The number of nitrogen functional groups attached to an aromatic ring is 1. The number of carbonyl (C=O) groups excluding carboxylic acids is 1. The summed E-state index contributed by atoms with van der Waals surface area (Å²) in [5, 5.41) is 11.9. The SMILES string of the molecule is CCCC(=O)Nc1ccc(Oc2ccc(C#N)c(C3CC3)c2)nc1N. The first-order chi connectivity index (χ1) is 12.1. The standard InChI is InChI=1S/C19H20N4O2/c1-2-3-17(24)22-16-8-9-18(23-19(16)21)25-14-7-6-13(11-20)15(10-14)12-4-5-12/h6-10,12H,2-5H2,1H3,(H2,21,23)(H,22,24). The molecule has 0 spiro atoms. The third kappa shape index (κ3) is 4.07. The summed E-state index contributed by atoms with van der Waals surface area (Å²) < 4.78 is 5.77. The molecule has 1 heterocycles. The van der Waals surface area contributed by atoms with Gasteiger partial charge in [-0.1, -0.05) is 6.92 Å². The number of aromatic nitrogens is 1. The number of nitrogens with two attached hydrogens (primary N) is 1. The molecule has 128 valence electrons. The molecule has 3 rings (SSSR count). The van der Waals surface area contributed by atoms with Gasteiger partial charge in [0.05, 0.1) is 17.3 Å². The first kappa shape index (κ1) is 16.8. The number of ether oxygens (including phenoxy) is 1. The first-order valence-corrected chi connectivity index (χ1v) is 8.39. The van der Waals surface area contributed by atoms with Crippen LogP contribution in [0.5, 0.6) is 11.6 Å². The van der Waals surface area contributed by atoms with Crippen LogP contribution in [0.15, 0.2) is 30.3 Å². The summed E-state index contributed by atoms with van der Waals surface area (Å²) in [7, 11) is 0. The zero-order valence-electron chi connectivity index (χ0n) is 14.1. The Labute approximate surface area is 146 Å². The molecule has 1 aromatic heterocycles. The number of hydrogen-bond donors (Lipinski definition) is 2. The average Bonchev–Trinajstić information content (AvgIpc) is 3.42. The second-order valence-corrected chi connectivity index (χ2v) is 6.12. The molecule has 2 aromatic rings. The van der Waals surface area contributed by atoms with Crippen molar-refractivity contribution in [3.63, 3.8) is 0 Å². The minimum Gasteiger partial charge on any atom is -0.439 e. The molecular weight excluding hydrogens is 316 g/mol. The van der Waals surface area contributed by atoms with Gasteiger partial charge in [-0.25, -0.2) is 0 Å². The number of carbonyl (C=O) groups is 1. The van der Waals surface area contributed by atoms with Gasteiger partial charge in [-0.05, 0) is 55.0 Å². The van der Waals surface area contributed by atoms with E-state index in [2.05, 4.69) is 16.4 Å². The van der Waals surface area contributed by atoms with E-state index >= 15 is 0 Å². The van der Waals surface area contributed by atoms with Crippen LogP contribution in [0.1, 0.15) is 49.7 Å². The van der Waals surface area contributed by atoms with Gasteiger partial charge < -0.3 is 15.8 Å². The van der Waals surface area contributed by atoms with Crippen molar-refractivity contribution in [2.24, 2.45) is 0 Å². The van der Waals surface area contributed by atoms with Crippen molar-refractivity contribution in [2.45, 2.75) is 38.5 Å². The van der Waals surface area contributed by atoms with Gasteiger partial charge in [0.1, 0.15) is 5.75 Å². The van der Waals surface area contributed by atoms with E-state index in [1.54, 1.807) is 24.3 Å². The highest BCUT2D eigenvalue weighted by atomic mass is 16.5. The molecule has 25 heavy (non-hydrogen) atoms. The van der Waals surface area contributed by atoms with Crippen LogP contribution in [-0.2, 0) is 4.79 Å². The summed E-state index contributed by atoms with van der Waals surface area (Å²) in [5.74, 6) is 1.53. The highest BCUT2D eigenvalue weighted by Gasteiger charge is 2.26. The molecular formula is C19H20N4O2. The zero-order chi connectivity index (χ0) is 17.8. The van der Waals surface area contributed by atoms with Crippen molar-refractivity contribution in [1.29, 1.82) is 5.26 Å². The quantitative estimate of drug-likeness (QED) is 0.832. The molecule has 3 N–H and O–H groups in total. The van der Waals surface area contributed by atoms with E-state index in [1.807, 2.05) is 13.0 Å². The number of hydrogen-bond acceptors (Lipinski definition) is 5. The van der Waals surface area contributed by atoms with Gasteiger partial charge in [-0.3, -0.25) is 4.79 Å². The molecule has 6 heteroatoms. The third-order valence-corrected chi connectivity index (χ3v) is 4.03. The van der Waals surface area contributed by atoms with Crippen LogP contribution in [0.25, 0.3) is 0 Å². The van der Waals surface area contributed by atoms with E-state index in [-0.39, 0.29) is 11.7 Å². The Bertz CT molecular complexity index is 838. The van der Waals surface area contributed by atoms with Gasteiger partial charge in [0.25, 0.3) is 0 Å². The molecule has 6 nitrogen and oxygen atoms in total. The number of nitriles is 1. The molecule has 1 aliphatic carbocycles. The average molecular weight is 336 g/mol. The highest BCUT2D eigenvalue weighted by molar-refractivity contribution is 5.93. The summed E-state index contributed by atoms with van der Waals surface area (Å²) in [4.78, 5) is 15.8. The second kappa shape index (κ2) is 7.22. The Morgan fingerprint density at radius 1 is 1.40 bits per heavy atom. The van der Waals surface area contributed by atoms with Crippen LogP contribution in [0, 0.1) is 11.3 Å². The molecule has 0 unspecified atom stereocenters. The predicted molar refractivity (Wildman–Crippen MR) is 95.4 cm³/mol. The largest absolute Gasteiger partial charge is 0.439 e. The van der Waals surface area contributed by atoms with Crippen LogP contribution < -0.4 is 15.8 Å². The molecule has 1 fully saturated rings. The Kier molecular flexibility index (Phi) is 4.85. The van der Waals surface area contributed by atoms with Gasteiger partial charge in [0.15, 0.2) is 5.82 Å². The lowest BCUT2D eigenvalue weighted by Gasteiger charge is -2.11. The molecule has 1 aromatic carbocycles. The number of anilines is 2. The second-order valence-electron chi connectivity index (χ2n) is 6.12. The van der Waals surface area contributed by atoms with E-state index in [0.29, 0.717) is 35.2 Å². The van der Waals surface area contributed by atoms with Crippen molar-refractivity contribution >= 4 is 17.4 Å². The Hall–Kier alpha value is -3.07. The molecule has 0 radical (unpaired) electrons. The summed E-state index contributed by atoms with van der Waals surface area (Å²) in [6, 6.07) is 11.0. The number of nitrogens with one attached hydrogen (secondary N) is 1. The molecule has 1 saturated carbocycles. The maximum Gasteiger partial charge on any atom is 0.224 e. The zero-order valence-corrected chi connectivity index (χ0v) is 14.1. The molecule has 0 aliphatic heterocycles. The van der Waals surface area contributed by atoms with Crippen molar-refractivity contribution in [3.05, 3.63) is 41.5 Å². The van der Waals surface area contributed by atoms with Gasteiger partial charge in [0.2, 0.25) is 11.8 Å². The molecule has 1 amide bonds. The smallest absolute Gasteiger partial charge is 0.224 e. The van der Waals surface area contributed by atoms with Gasteiger partial charge in [-0.2, -0.15) is 10.2 Å². The third-order valence-electron chi connectivity index (χ3n) is 4.03. The molecule has 0 saturated heterocycles. The van der Waals surface area contributed by atoms with Crippen molar-refractivity contribution in [1.82, 2.24) is 4.98 Å². The number of pyridine rings is 1. The topological polar surface area (TPSA) is 101 Å². The molecule has 1 aliphatic rings. The monoisotopic (exact) mass is 336 g/mol. The van der Waals surface area contributed by atoms with Gasteiger partial charge >= 0.3 is 0 Å². The van der Waals surface area contributed by atoms with E-state index < -0.39 is 0 Å². The fourth-order valence-electron chi connectivity index (χ4n) is 2.62. The minimum absolute atomic E-state index is 0.0918. The Morgan fingerprint density at radius 3 is 2.84 bits per heavy atom. The summed E-state index contributed by atoms with van der Waals surface area (Å²) in [6.07, 6.45) is 3.42. The van der Waals surface area contributed by atoms with Crippen LogP contribution >= 0.6 is 0 Å². The number of amides is 1. The first-order valence-electron chi connectivity index (χ1n) is 8.39. The maximum atomic E-state index is 11.7. The Morgan fingerprint density at radius 2 is 2.20 bits per heavy atom. The lowest BCUT2D eigenvalue weighted by atomic mass is 10.0. The summed E-state index contributed by atoms with van der Waals surface area (Å²) in [5.41, 5.74) is 8.10. The predicted octanol–water partition coefficient (Wildman–Crippen LogP) is 3.94. The molecule has 0 atom stereocenters. The Balaban J connectivity index is 1.75. The number of rotatable bonds is 6. The molecule has 0 bridgehead atoms. The van der Waals surface area contributed by atoms with Gasteiger partial charge in [0, 0.05) is 12.5 Å². The van der Waals surface area contributed by atoms with Gasteiger partial charge in [-0.15, -0.1) is 0 Å². The number of nitrogens with zero attached hydrogens (tertiary/aromatic N) is 2. The minimum atomic E-state index is -0.0918. The van der Waals surface area contributed by atoms with Crippen LogP contribution in [0.4, 0.5) is 11.5 Å². The van der Waals surface area contributed by atoms with Crippen molar-refractivity contribution < 1.29 is 9.53 Å². The van der Waals surface area contributed by atoms with E-state index in [9.17, 15) is 10.1 Å². The van der Waals surface area contributed by atoms with Crippen LogP contribution in [0.3, 0.4) is 0 Å². The fraction of sp³-hybridized carbons (Fsp3) is 0.316. The van der Waals surface area contributed by atoms with Crippen molar-refractivity contribution in [3.8, 4) is 17.7 Å². The highest BCUT2D eigenvalue weighted by Crippen LogP contribution is 2.43. The normalized spacial score (nSPS) is 13.1. The van der Waals surface area contributed by atoms with Crippen LogP contribution in [-0.4, -0.2) is 10.9 Å². The lowest BCUT2D eigenvalue weighted by molar-refractivity contribution is -0.116. The van der Waals surface area contributed by atoms with Crippen molar-refractivity contribution in [2.75, 3.05) is 11.1 Å². The maximum absolute atomic E-state index is 11.7. The number of benzene rings is 1. The summed E-state index contributed by atoms with van der Waals surface area (Å²) >= 11 is 0. The van der Waals surface area contributed by atoms with E-state index in [0.717, 1.165) is 24.8 Å². The lowest BCUT2D eigenvalue weighted by Crippen LogP contribution is -2.12. The van der Waals surface area contributed by atoms with Crippen LogP contribution in [0.2, 0.25) is 0 Å². The van der Waals surface area contributed by atoms with E-state index in [4.69, 9.17) is 10.5 Å². The van der Waals surface area contributed by atoms with E-state index in [1.165, 1.54) is 0 Å².